The van der Waals surface area contributed by atoms with Crippen LogP contribution in [0.1, 0.15) is 1.43 Å². The van der Waals surface area contributed by atoms with Crippen LogP contribution < -0.4 is 29.6 Å². The third kappa shape index (κ3) is 10.7. The molecule has 0 fully saturated rings. The molecule has 0 unspecified atom stereocenters. The predicted octanol–water partition coefficient (Wildman–Crippen LogP) is -3.17. The summed E-state index contributed by atoms with van der Waals surface area (Å²) in [5, 5.41) is 7.79. The van der Waals surface area contributed by atoms with E-state index in [2.05, 4.69) is 4.74 Å². The largest absolute Gasteiger partial charge is 1.00 e. The van der Waals surface area contributed by atoms with Gasteiger partial charge in [0, 0.05) is 7.11 Å². The number of hydrogen-bond acceptors (Lipinski definition) is 2. The van der Waals surface area contributed by atoms with Crippen molar-refractivity contribution < 1.29 is 45.6 Å². The fraction of sp³-hybridized carbons (Fsp3) is 0.667. The number of methoxy groups -OCH3 is 1. The van der Waals surface area contributed by atoms with Crippen LogP contribution in [0.3, 0.4) is 0 Å². The average Bonchev–Trinajstić information content (AvgIpc) is 1.35. The maximum absolute atomic E-state index is 9.47. The van der Waals surface area contributed by atoms with Crippen molar-refractivity contribution in [3.63, 3.8) is 0 Å². The maximum atomic E-state index is 9.47. The standard InChI is InChI=1S/C3H6O3.Na.H/c1-6-2-3(4)5;;/h2H2,1H3,(H,4,5);;/q;+1;-1. The van der Waals surface area contributed by atoms with Crippen LogP contribution in [0.25, 0.3) is 0 Å². The summed E-state index contributed by atoms with van der Waals surface area (Å²) < 4.78 is 4.20. The molecule has 0 aliphatic rings. The zero-order valence-corrected chi connectivity index (χ0v) is 6.47. The van der Waals surface area contributed by atoms with Crippen molar-refractivity contribution in [2.24, 2.45) is 0 Å². The zero-order valence-electron chi connectivity index (χ0n) is 5.47. The van der Waals surface area contributed by atoms with Crippen LogP contribution in [0.5, 0.6) is 0 Å². The van der Waals surface area contributed by atoms with E-state index in [9.17, 15) is 4.79 Å². The van der Waals surface area contributed by atoms with Gasteiger partial charge < -0.3 is 11.3 Å². The van der Waals surface area contributed by atoms with Gasteiger partial charge in [0.25, 0.3) is 0 Å². The van der Waals surface area contributed by atoms with Crippen LogP contribution in [-0.4, -0.2) is 24.8 Å². The summed E-state index contributed by atoms with van der Waals surface area (Å²) in [5.74, 6) is -0.933. The van der Waals surface area contributed by atoms with E-state index in [1.165, 1.54) is 7.11 Å². The van der Waals surface area contributed by atoms with E-state index in [0.29, 0.717) is 0 Å². The van der Waals surface area contributed by atoms with Gasteiger partial charge in [-0.2, -0.15) is 0 Å². The Morgan fingerprint density at radius 3 is 2.43 bits per heavy atom. The molecule has 0 bridgehead atoms. The first kappa shape index (κ1) is 10.4. The van der Waals surface area contributed by atoms with Gasteiger partial charge in [-0.3, -0.25) is 0 Å². The molecule has 0 amide bonds. The third-order valence-corrected chi connectivity index (χ3v) is 0.268. The van der Waals surface area contributed by atoms with Gasteiger partial charge in [0.1, 0.15) is 6.61 Å². The topological polar surface area (TPSA) is 46.5 Å². The Morgan fingerprint density at radius 2 is 2.43 bits per heavy atom. The molecule has 4 heteroatoms. The number of carboxylic acid groups (broad SMARTS) is 1. The van der Waals surface area contributed by atoms with E-state index in [4.69, 9.17) is 5.11 Å². The summed E-state index contributed by atoms with van der Waals surface area (Å²) in [4.78, 5) is 9.47. The second-order valence-corrected chi connectivity index (χ2v) is 0.827. The van der Waals surface area contributed by atoms with Crippen molar-refractivity contribution in [1.29, 1.82) is 0 Å². The summed E-state index contributed by atoms with van der Waals surface area (Å²) in [5.41, 5.74) is 0. The first-order valence-electron chi connectivity index (χ1n) is 1.48. The van der Waals surface area contributed by atoms with E-state index in [0.717, 1.165) is 0 Å². The van der Waals surface area contributed by atoms with Gasteiger partial charge in [-0.25, -0.2) is 4.79 Å². The van der Waals surface area contributed by atoms with Crippen molar-refractivity contribution in [3.05, 3.63) is 0 Å². The molecule has 3 nitrogen and oxygen atoms in total. The van der Waals surface area contributed by atoms with Gasteiger partial charge in [-0.15, -0.1) is 0 Å². The molecule has 0 saturated carbocycles. The molecular weight excluding hydrogens is 107 g/mol. The molecule has 0 aromatic rings. The minimum atomic E-state index is -0.933. The molecule has 0 aromatic heterocycles. The fourth-order valence-electron chi connectivity index (χ4n) is 0.123. The van der Waals surface area contributed by atoms with Crippen LogP contribution in [0.2, 0.25) is 0 Å². The Kier molecular flexibility index (Phi) is 9.57. The molecular formula is C3H7NaO3. The normalized spacial score (nSPS) is 7.00. The van der Waals surface area contributed by atoms with Crippen LogP contribution in [-0.2, 0) is 9.53 Å². The molecule has 0 aliphatic carbocycles. The first-order valence-corrected chi connectivity index (χ1v) is 1.48. The van der Waals surface area contributed by atoms with E-state index < -0.39 is 5.97 Å². The van der Waals surface area contributed by atoms with Crippen LogP contribution >= 0.6 is 0 Å². The Balaban J connectivity index is -0.000000125. The summed E-state index contributed by atoms with van der Waals surface area (Å²) in [6.07, 6.45) is 0. The quantitative estimate of drug-likeness (QED) is 0.385. The summed E-state index contributed by atoms with van der Waals surface area (Å²) in [6.45, 7) is -0.208. The number of rotatable bonds is 2. The van der Waals surface area contributed by atoms with Gasteiger partial charge in [-0.1, -0.05) is 0 Å². The number of hydrogen-bond donors (Lipinski definition) is 1. The number of carbonyl (C=O) groups is 1. The number of carboxylic acids is 1. The summed E-state index contributed by atoms with van der Waals surface area (Å²) in [6, 6.07) is 0. The Labute approximate surface area is 65.4 Å². The predicted molar refractivity (Wildman–Crippen MR) is 20.6 cm³/mol. The van der Waals surface area contributed by atoms with Crippen molar-refractivity contribution >= 4 is 5.97 Å². The minimum absolute atomic E-state index is 0. The van der Waals surface area contributed by atoms with Gasteiger partial charge in [0.05, 0.1) is 0 Å². The summed E-state index contributed by atoms with van der Waals surface area (Å²) in [7, 11) is 1.34. The molecule has 0 saturated heterocycles. The van der Waals surface area contributed by atoms with E-state index in [1.54, 1.807) is 0 Å². The average molecular weight is 114 g/mol. The number of ether oxygens (including phenoxy) is 1. The summed E-state index contributed by atoms with van der Waals surface area (Å²) >= 11 is 0. The second-order valence-electron chi connectivity index (χ2n) is 0.827. The molecule has 0 aliphatic heterocycles. The van der Waals surface area contributed by atoms with Gasteiger partial charge >= 0.3 is 35.5 Å². The van der Waals surface area contributed by atoms with Crippen LogP contribution in [0.15, 0.2) is 0 Å². The maximum Gasteiger partial charge on any atom is 1.00 e. The van der Waals surface area contributed by atoms with Gasteiger partial charge in [-0.05, 0) is 0 Å². The van der Waals surface area contributed by atoms with Crippen molar-refractivity contribution in [2.45, 2.75) is 0 Å². The van der Waals surface area contributed by atoms with Gasteiger partial charge in [0.15, 0.2) is 0 Å². The molecule has 0 spiro atoms. The van der Waals surface area contributed by atoms with Crippen LogP contribution in [0, 0.1) is 0 Å². The SMILES string of the molecule is COCC(=O)O.[H-].[Na+]. The molecule has 0 heterocycles. The van der Waals surface area contributed by atoms with E-state index in [-0.39, 0.29) is 37.6 Å². The first-order chi connectivity index (χ1) is 2.77. The molecule has 0 aromatic carbocycles. The molecule has 0 rings (SSSR count). The van der Waals surface area contributed by atoms with Crippen molar-refractivity contribution in [3.8, 4) is 0 Å². The third-order valence-electron chi connectivity index (χ3n) is 0.268. The number of aliphatic carboxylic acids is 1. The van der Waals surface area contributed by atoms with Crippen molar-refractivity contribution in [2.75, 3.05) is 13.7 Å². The fourth-order valence-corrected chi connectivity index (χ4v) is 0.123. The Morgan fingerprint density at radius 1 is 2.00 bits per heavy atom. The molecule has 38 valence electrons. The van der Waals surface area contributed by atoms with Crippen LogP contribution in [0.4, 0.5) is 0 Å². The van der Waals surface area contributed by atoms with Crippen molar-refractivity contribution in [1.82, 2.24) is 0 Å². The molecule has 0 radical (unpaired) electrons. The minimum Gasteiger partial charge on any atom is -1.00 e. The Bertz CT molecular complexity index is 58.5. The molecule has 1 N–H and O–H groups in total. The van der Waals surface area contributed by atoms with E-state index >= 15 is 0 Å². The van der Waals surface area contributed by atoms with Gasteiger partial charge in [0.2, 0.25) is 0 Å². The molecule has 0 atom stereocenters. The molecule has 7 heavy (non-hydrogen) atoms. The van der Waals surface area contributed by atoms with E-state index in [1.807, 2.05) is 0 Å². The smallest absolute Gasteiger partial charge is 1.00 e. The Hall–Kier alpha value is 0.430. The monoisotopic (exact) mass is 114 g/mol. The second kappa shape index (κ2) is 6.43. The zero-order chi connectivity index (χ0) is 4.99.